The van der Waals surface area contributed by atoms with Gasteiger partial charge in [-0.1, -0.05) is 63.4 Å². The summed E-state index contributed by atoms with van der Waals surface area (Å²) >= 11 is 0. The van der Waals surface area contributed by atoms with Crippen LogP contribution < -0.4 is 0 Å². The molecule has 0 radical (unpaired) electrons. The number of hydrogen-bond acceptors (Lipinski definition) is 1. The summed E-state index contributed by atoms with van der Waals surface area (Å²) in [6.07, 6.45) is 17.1. The molecule has 0 aliphatic rings. The lowest BCUT2D eigenvalue weighted by molar-refractivity contribution is -0.137. The molecule has 0 heterocycles. The summed E-state index contributed by atoms with van der Waals surface area (Å²) in [5, 5.41) is 8.49. The smallest absolute Gasteiger partial charge is 0.303 e. The molecule has 0 saturated carbocycles. The van der Waals surface area contributed by atoms with Crippen molar-refractivity contribution in [3.8, 4) is 11.8 Å². The second-order valence-corrected chi connectivity index (χ2v) is 5.23. The lowest BCUT2D eigenvalue weighted by atomic mass is 10.1. The summed E-state index contributed by atoms with van der Waals surface area (Å²) in [5.74, 6) is 5.56. The van der Waals surface area contributed by atoms with Crippen molar-refractivity contribution in [2.75, 3.05) is 0 Å². The molecule has 2 nitrogen and oxygen atoms in total. The van der Waals surface area contributed by atoms with E-state index in [0.717, 1.165) is 32.1 Å². The second kappa shape index (κ2) is 15.8. The van der Waals surface area contributed by atoms with Gasteiger partial charge in [-0.3, -0.25) is 4.79 Å². The molecule has 114 valence electrons. The van der Waals surface area contributed by atoms with E-state index in [1.54, 1.807) is 0 Å². The van der Waals surface area contributed by atoms with Crippen LogP contribution in [0.4, 0.5) is 0 Å². The quantitative estimate of drug-likeness (QED) is 0.387. The van der Waals surface area contributed by atoms with Crippen molar-refractivity contribution in [2.45, 2.75) is 84.0 Å². The van der Waals surface area contributed by atoms with E-state index < -0.39 is 5.97 Å². The summed E-state index contributed by atoms with van der Waals surface area (Å²) < 4.78 is 0. The van der Waals surface area contributed by atoms with Crippen LogP contribution in [0.1, 0.15) is 84.0 Å². The van der Waals surface area contributed by atoms with Gasteiger partial charge in [0.1, 0.15) is 0 Å². The average Bonchev–Trinajstić information content (AvgIpc) is 2.43. The Morgan fingerprint density at radius 1 is 1.00 bits per heavy atom. The molecule has 1 N–H and O–H groups in total. The van der Waals surface area contributed by atoms with Crippen LogP contribution in [-0.2, 0) is 4.79 Å². The average molecular weight is 278 g/mol. The Labute approximate surface area is 124 Å². The molecule has 20 heavy (non-hydrogen) atoms. The number of carbonyl (C=O) groups is 1. The number of carboxylic acid groups (broad SMARTS) is 1. The second-order valence-electron chi connectivity index (χ2n) is 5.23. The molecule has 0 saturated heterocycles. The van der Waals surface area contributed by atoms with Crippen LogP contribution >= 0.6 is 0 Å². The van der Waals surface area contributed by atoms with E-state index in [2.05, 4.69) is 24.8 Å². The molecule has 0 rings (SSSR count). The zero-order chi connectivity index (χ0) is 14.9. The molecule has 0 fully saturated rings. The van der Waals surface area contributed by atoms with Gasteiger partial charge in [-0.05, 0) is 31.8 Å². The Balaban J connectivity index is 3.25. The summed E-state index contributed by atoms with van der Waals surface area (Å²) in [7, 11) is 0. The first-order valence-electron chi connectivity index (χ1n) is 8.12. The van der Waals surface area contributed by atoms with Crippen LogP contribution in [0.2, 0.25) is 0 Å². The highest BCUT2D eigenvalue weighted by atomic mass is 16.4. The van der Waals surface area contributed by atoms with Gasteiger partial charge in [-0.2, -0.15) is 0 Å². The maximum Gasteiger partial charge on any atom is 0.303 e. The van der Waals surface area contributed by atoms with Crippen LogP contribution in [0, 0.1) is 11.8 Å². The number of aliphatic carboxylic acids is 1. The molecule has 2 heteroatoms. The fourth-order valence-electron chi connectivity index (χ4n) is 1.98. The van der Waals surface area contributed by atoms with Crippen LogP contribution in [-0.4, -0.2) is 11.1 Å². The molecule has 0 amide bonds. The Morgan fingerprint density at radius 2 is 1.70 bits per heavy atom. The lowest BCUT2D eigenvalue weighted by Crippen LogP contribution is -1.93. The van der Waals surface area contributed by atoms with Gasteiger partial charge < -0.3 is 5.11 Å². The Morgan fingerprint density at radius 3 is 2.45 bits per heavy atom. The van der Waals surface area contributed by atoms with Gasteiger partial charge in [0, 0.05) is 12.8 Å². The minimum atomic E-state index is -0.693. The molecular weight excluding hydrogens is 248 g/mol. The maximum absolute atomic E-state index is 10.3. The monoisotopic (exact) mass is 278 g/mol. The predicted octanol–water partition coefficient (Wildman–Crippen LogP) is 5.33. The topological polar surface area (TPSA) is 37.3 Å². The highest BCUT2D eigenvalue weighted by Crippen LogP contribution is 2.06. The Bertz CT molecular complexity index is 307. The van der Waals surface area contributed by atoms with Crippen molar-refractivity contribution < 1.29 is 9.90 Å². The Hall–Kier alpha value is -1.23. The van der Waals surface area contributed by atoms with E-state index in [1.807, 2.05) is 6.08 Å². The zero-order valence-corrected chi connectivity index (χ0v) is 13.0. The van der Waals surface area contributed by atoms with Gasteiger partial charge in [0.25, 0.3) is 0 Å². The third kappa shape index (κ3) is 16.8. The third-order valence-corrected chi connectivity index (χ3v) is 3.22. The van der Waals surface area contributed by atoms with Crippen LogP contribution in [0.25, 0.3) is 0 Å². The van der Waals surface area contributed by atoms with Gasteiger partial charge >= 0.3 is 5.97 Å². The van der Waals surface area contributed by atoms with E-state index in [4.69, 9.17) is 5.11 Å². The number of rotatable bonds is 12. The standard InChI is InChI=1S/C18H30O2/c1-2-3-4-5-6-7-8-9-10-11-12-13-14-15-16-17-18(19)20/h11-12H,2-8,13-17H2,1H3,(H,19,20)/b12-11+. The Kier molecular flexibility index (Phi) is 14.9. The number of hydrogen-bond donors (Lipinski definition) is 1. The fourth-order valence-corrected chi connectivity index (χ4v) is 1.98. The van der Waals surface area contributed by atoms with Crippen LogP contribution in [0.5, 0.6) is 0 Å². The molecule has 0 bridgehead atoms. The van der Waals surface area contributed by atoms with Crippen molar-refractivity contribution in [2.24, 2.45) is 0 Å². The summed E-state index contributed by atoms with van der Waals surface area (Å²) in [4.78, 5) is 10.3. The number of unbranched alkanes of at least 4 members (excludes halogenated alkanes) is 9. The van der Waals surface area contributed by atoms with E-state index in [0.29, 0.717) is 6.42 Å². The molecule has 0 spiro atoms. The molecule has 0 unspecified atom stereocenters. The SMILES string of the molecule is CCCCCCCCC#C/C=C/CCCCCC(=O)O. The van der Waals surface area contributed by atoms with Crippen molar-refractivity contribution in [1.29, 1.82) is 0 Å². The number of allylic oxidation sites excluding steroid dienone is 2. The third-order valence-electron chi connectivity index (χ3n) is 3.22. The molecule has 0 aliphatic heterocycles. The van der Waals surface area contributed by atoms with Gasteiger partial charge in [0.15, 0.2) is 0 Å². The van der Waals surface area contributed by atoms with E-state index >= 15 is 0 Å². The van der Waals surface area contributed by atoms with Crippen LogP contribution in [0.3, 0.4) is 0 Å². The highest BCUT2D eigenvalue weighted by Gasteiger charge is 1.94. The highest BCUT2D eigenvalue weighted by molar-refractivity contribution is 5.66. The largest absolute Gasteiger partial charge is 0.481 e. The normalized spacial score (nSPS) is 10.4. The molecular formula is C18H30O2. The van der Waals surface area contributed by atoms with Gasteiger partial charge in [-0.15, -0.1) is 0 Å². The number of carboxylic acids is 1. The summed E-state index contributed by atoms with van der Waals surface area (Å²) in [6.45, 7) is 2.24. The molecule has 0 aromatic heterocycles. The van der Waals surface area contributed by atoms with Gasteiger partial charge in [-0.25, -0.2) is 0 Å². The summed E-state index contributed by atoms with van der Waals surface area (Å²) in [5.41, 5.74) is 0. The first-order valence-corrected chi connectivity index (χ1v) is 8.12. The first kappa shape index (κ1) is 18.8. The lowest BCUT2D eigenvalue weighted by Gasteiger charge is -1.96. The molecule has 0 aromatic carbocycles. The zero-order valence-electron chi connectivity index (χ0n) is 13.0. The predicted molar refractivity (Wildman–Crippen MR) is 85.6 cm³/mol. The maximum atomic E-state index is 10.3. The minimum absolute atomic E-state index is 0.293. The van der Waals surface area contributed by atoms with Crippen molar-refractivity contribution in [3.63, 3.8) is 0 Å². The molecule has 0 atom stereocenters. The minimum Gasteiger partial charge on any atom is -0.481 e. The van der Waals surface area contributed by atoms with Crippen molar-refractivity contribution >= 4 is 5.97 Å². The molecule has 0 aromatic rings. The first-order chi connectivity index (χ1) is 9.77. The van der Waals surface area contributed by atoms with Gasteiger partial charge in [0.05, 0.1) is 0 Å². The molecule has 0 aliphatic carbocycles. The van der Waals surface area contributed by atoms with E-state index in [-0.39, 0.29) is 0 Å². The van der Waals surface area contributed by atoms with E-state index in [9.17, 15) is 4.79 Å². The van der Waals surface area contributed by atoms with Crippen molar-refractivity contribution in [3.05, 3.63) is 12.2 Å². The van der Waals surface area contributed by atoms with Crippen molar-refractivity contribution in [1.82, 2.24) is 0 Å². The van der Waals surface area contributed by atoms with Crippen LogP contribution in [0.15, 0.2) is 12.2 Å². The van der Waals surface area contributed by atoms with Gasteiger partial charge in [0.2, 0.25) is 0 Å². The fraction of sp³-hybridized carbons (Fsp3) is 0.722. The summed E-state index contributed by atoms with van der Waals surface area (Å²) in [6, 6.07) is 0. The van der Waals surface area contributed by atoms with E-state index in [1.165, 1.54) is 38.5 Å².